The van der Waals surface area contributed by atoms with Gasteiger partial charge < -0.3 is 9.84 Å². The lowest BCUT2D eigenvalue weighted by Gasteiger charge is -2.32. The van der Waals surface area contributed by atoms with E-state index in [1.807, 2.05) is 31.2 Å². The number of hydrogen-bond acceptors (Lipinski definition) is 2. The van der Waals surface area contributed by atoms with Crippen molar-refractivity contribution in [3.8, 4) is 16.9 Å². The summed E-state index contributed by atoms with van der Waals surface area (Å²) in [7, 11) is 0. The fourth-order valence-electron chi connectivity index (χ4n) is 3.70. The highest BCUT2D eigenvalue weighted by molar-refractivity contribution is 6.42. The molecule has 3 aromatic rings. The number of benzene rings is 3. The van der Waals surface area contributed by atoms with E-state index in [4.69, 9.17) is 27.9 Å². The average molecular weight is 417 g/mol. The van der Waals surface area contributed by atoms with E-state index in [-0.39, 0.29) is 11.7 Å². The predicted molar refractivity (Wildman–Crippen MR) is 111 cm³/mol. The van der Waals surface area contributed by atoms with Gasteiger partial charge in [-0.05, 0) is 66.4 Å². The first-order valence-electron chi connectivity index (χ1n) is 9.07. The number of aliphatic hydroxyl groups is 1. The van der Waals surface area contributed by atoms with Crippen LogP contribution in [0.1, 0.15) is 22.8 Å². The van der Waals surface area contributed by atoms with Crippen LogP contribution in [0.3, 0.4) is 0 Å². The van der Waals surface area contributed by atoms with Gasteiger partial charge in [0.05, 0.1) is 22.8 Å². The second-order valence-corrected chi connectivity index (χ2v) is 8.02. The summed E-state index contributed by atoms with van der Waals surface area (Å²) in [4.78, 5) is 0. The third-order valence-electron chi connectivity index (χ3n) is 5.11. The molecule has 1 heterocycles. The third-order valence-corrected chi connectivity index (χ3v) is 5.85. The van der Waals surface area contributed by atoms with Gasteiger partial charge in [-0.15, -0.1) is 0 Å². The van der Waals surface area contributed by atoms with Gasteiger partial charge in [0, 0.05) is 17.0 Å². The smallest absolute Gasteiger partial charge is 0.132 e. The van der Waals surface area contributed by atoms with Crippen molar-refractivity contribution in [2.75, 3.05) is 6.61 Å². The number of ether oxygens (including phenoxy) is 1. The average Bonchev–Trinajstić information content (AvgIpc) is 2.67. The summed E-state index contributed by atoms with van der Waals surface area (Å²) < 4.78 is 19.4. The molecule has 28 heavy (non-hydrogen) atoms. The molecule has 144 valence electrons. The van der Waals surface area contributed by atoms with E-state index in [0.717, 1.165) is 27.8 Å². The summed E-state index contributed by atoms with van der Waals surface area (Å²) in [6.07, 6.45) is -0.0468. The lowest BCUT2D eigenvalue weighted by Crippen LogP contribution is -2.28. The Morgan fingerprint density at radius 1 is 1.04 bits per heavy atom. The van der Waals surface area contributed by atoms with Crippen molar-refractivity contribution in [1.82, 2.24) is 0 Å². The number of aryl methyl sites for hydroxylation is 1. The fraction of sp³-hybridized carbons (Fsp3) is 0.217. The normalized spacial score (nSPS) is 18.5. The van der Waals surface area contributed by atoms with E-state index in [1.165, 1.54) is 12.1 Å². The quantitative estimate of drug-likeness (QED) is 0.535. The number of rotatable bonds is 3. The molecule has 1 aliphatic heterocycles. The molecule has 0 aliphatic carbocycles. The zero-order chi connectivity index (χ0) is 19.8. The van der Waals surface area contributed by atoms with Gasteiger partial charge in [0.1, 0.15) is 11.6 Å². The molecule has 0 saturated carbocycles. The number of aliphatic hydroxyl groups excluding tert-OH is 1. The van der Waals surface area contributed by atoms with Gasteiger partial charge in [-0.1, -0.05) is 41.4 Å². The minimum absolute atomic E-state index is 0.104. The fourth-order valence-corrected chi connectivity index (χ4v) is 4.02. The summed E-state index contributed by atoms with van der Waals surface area (Å²) in [5, 5.41) is 12.1. The highest BCUT2D eigenvalue weighted by atomic mass is 35.5. The van der Waals surface area contributed by atoms with Gasteiger partial charge in [-0.25, -0.2) is 4.39 Å². The van der Waals surface area contributed by atoms with E-state index >= 15 is 0 Å². The Morgan fingerprint density at radius 3 is 2.50 bits per heavy atom. The second-order valence-electron chi connectivity index (χ2n) is 7.21. The van der Waals surface area contributed by atoms with E-state index in [2.05, 4.69) is 0 Å². The van der Waals surface area contributed by atoms with E-state index in [9.17, 15) is 9.50 Å². The van der Waals surface area contributed by atoms with Crippen molar-refractivity contribution in [3.63, 3.8) is 0 Å². The molecule has 1 aliphatic rings. The Morgan fingerprint density at radius 2 is 1.79 bits per heavy atom. The molecule has 0 amide bonds. The van der Waals surface area contributed by atoms with Crippen LogP contribution < -0.4 is 4.74 Å². The monoisotopic (exact) mass is 416 g/mol. The van der Waals surface area contributed by atoms with Crippen molar-refractivity contribution in [2.24, 2.45) is 5.92 Å². The third kappa shape index (κ3) is 3.75. The SMILES string of the molecule is Cc1cc(-c2ccc(F)cc2)c2c(c1)[C@@H](O)[C@@H](Cc1ccc(Cl)c(Cl)c1)CO2. The summed E-state index contributed by atoms with van der Waals surface area (Å²) in [6.45, 7) is 2.36. The van der Waals surface area contributed by atoms with Crippen molar-refractivity contribution in [2.45, 2.75) is 19.4 Å². The topological polar surface area (TPSA) is 29.5 Å². The maximum atomic E-state index is 13.3. The Hall–Kier alpha value is -2.07. The van der Waals surface area contributed by atoms with Crippen LogP contribution in [0, 0.1) is 18.7 Å². The van der Waals surface area contributed by atoms with Crippen LogP contribution in [-0.4, -0.2) is 11.7 Å². The Balaban J connectivity index is 1.67. The van der Waals surface area contributed by atoms with E-state index in [0.29, 0.717) is 28.8 Å². The van der Waals surface area contributed by atoms with Crippen LogP contribution >= 0.6 is 23.2 Å². The molecule has 0 aromatic heterocycles. The highest BCUT2D eigenvalue weighted by Crippen LogP contribution is 2.44. The van der Waals surface area contributed by atoms with Crippen molar-refractivity contribution >= 4 is 23.2 Å². The largest absolute Gasteiger partial charge is 0.492 e. The zero-order valence-corrected chi connectivity index (χ0v) is 16.8. The molecule has 0 fully saturated rings. The summed E-state index contributed by atoms with van der Waals surface area (Å²) in [5.74, 6) is 0.274. The zero-order valence-electron chi connectivity index (χ0n) is 15.3. The first kappa shape index (κ1) is 19.3. The molecular weight excluding hydrogens is 398 g/mol. The molecule has 0 unspecified atom stereocenters. The summed E-state index contributed by atoms with van der Waals surface area (Å²) >= 11 is 12.1. The highest BCUT2D eigenvalue weighted by Gasteiger charge is 2.31. The molecular formula is C23H19Cl2FO2. The Bertz CT molecular complexity index is 1020. The van der Waals surface area contributed by atoms with E-state index in [1.54, 1.807) is 18.2 Å². The minimum atomic E-state index is -0.669. The second kappa shape index (κ2) is 7.75. The summed E-state index contributed by atoms with van der Waals surface area (Å²) in [5.41, 5.74) is 4.49. The van der Waals surface area contributed by atoms with Crippen LogP contribution in [0.15, 0.2) is 54.6 Å². The predicted octanol–water partition coefficient (Wildman–Crippen LogP) is 6.39. The van der Waals surface area contributed by atoms with Gasteiger partial charge in [0.25, 0.3) is 0 Å². The lowest BCUT2D eigenvalue weighted by molar-refractivity contribution is 0.0511. The first-order chi connectivity index (χ1) is 13.4. The van der Waals surface area contributed by atoms with Crippen LogP contribution in [0.2, 0.25) is 10.0 Å². The Labute approximate surface area is 173 Å². The van der Waals surface area contributed by atoms with Crippen LogP contribution in [0.4, 0.5) is 4.39 Å². The van der Waals surface area contributed by atoms with Crippen LogP contribution in [0.5, 0.6) is 5.75 Å². The van der Waals surface area contributed by atoms with Crippen LogP contribution in [0.25, 0.3) is 11.1 Å². The molecule has 3 aromatic carbocycles. The number of halogens is 3. The van der Waals surface area contributed by atoms with E-state index < -0.39 is 6.10 Å². The van der Waals surface area contributed by atoms with Crippen LogP contribution in [-0.2, 0) is 6.42 Å². The van der Waals surface area contributed by atoms with Crippen molar-refractivity contribution in [1.29, 1.82) is 0 Å². The Kier molecular flexibility index (Phi) is 5.33. The molecule has 0 saturated heterocycles. The maximum Gasteiger partial charge on any atom is 0.132 e. The molecule has 2 atom stereocenters. The maximum absolute atomic E-state index is 13.3. The van der Waals surface area contributed by atoms with Gasteiger partial charge in [0.15, 0.2) is 0 Å². The minimum Gasteiger partial charge on any atom is -0.492 e. The van der Waals surface area contributed by atoms with Gasteiger partial charge in [-0.3, -0.25) is 0 Å². The first-order valence-corrected chi connectivity index (χ1v) is 9.83. The molecule has 0 radical (unpaired) electrons. The molecule has 0 bridgehead atoms. The standard InChI is InChI=1S/C23H19Cl2FO2/c1-13-8-18(15-3-5-17(26)6-4-15)23-19(9-13)22(27)16(12-28-23)10-14-2-7-20(24)21(25)11-14/h2-9,11,16,22,27H,10,12H2,1H3/t16-,22-/m0/s1. The van der Waals surface area contributed by atoms with Gasteiger partial charge in [0.2, 0.25) is 0 Å². The van der Waals surface area contributed by atoms with Gasteiger partial charge in [-0.2, -0.15) is 0 Å². The van der Waals surface area contributed by atoms with Crippen molar-refractivity contribution in [3.05, 3.63) is 87.2 Å². The number of hydrogen-bond donors (Lipinski definition) is 1. The number of fused-ring (bicyclic) bond motifs is 1. The van der Waals surface area contributed by atoms with Gasteiger partial charge >= 0.3 is 0 Å². The molecule has 2 nitrogen and oxygen atoms in total. The summed E-state index contributed by atoms with van der Waals surface area (Å²) in [6, 6.07) is 15.8. The molecule has 4 rings (SSSR count). The van der Waals surface area contributed by atoms with Crippen molar-refractivity contribution < 1.29 is 14.2 Å². The molecule has 0 spiro atoms. The molecule has 5 heteroatoms. The lowest BCUT2D eigenvalue weighted by atomic mass is 9.85. The molecule has 1 N–H and O–H groups in total.